The van der Waals surface area contributed by atoms with E-state index in [4.69, 9.17) is 0 Å². The predicted molar refractivity (Wildman–Crippen MR) is 121 cm³/mol. The molecule has 170 valence electrons. The molecule has 0 radical (unpaired) electrons. The molecule has 0 saturated carbocycles. The van der Waals surface area contributed by atoms with Crippen molar-refractivity contribution < 1.29 is 14.4 Å². The quantitative estimate of drug-likeness (QED) is 0.751. The first-order chi connectivity index (χ1) is 14.9. The second-order valence-electron chi connectivity index (χ2n) is 9.05. The summed E-state index contributed by atoms with van der Waals surface area (Å²) >= 11 is 0. The Morgan fingerprint density at radius 1 is 0.903 bits per heavy atom. The van der Waals surface area contributed by atoms with Gasteiger partial charge in [0.15, 0.2) is 0 Å². The Labute approximate surface area is 185 Å². The Kier molecular flexibility index (Phi) is 8.07. The van der Waals surface area contributed by atoms with Crippen LogP contribution < -0.4 is 5.32 Å². The summed E-state index contributed by atoms with van der Waals surface area (Å²) in [4.78, 5) is 44.4. The molecule has 0 bridgehead atoms. The fourth-order valence-electron chi connectivity index (χ4n) is 4.32. The number of amides is 3. The van der Waals surface area contributed by atoms with Crippen molar-refractivity contribution in [1.82, 2.24) is 20.0 Å². The van der Waals surface area contributed by atoms with E-state index in [0.717, 1.165) is 31.5 Å². The highest BCUT2D eigenvalue weighted by atomic mass is 16.2. The zero-order valence-corrected chi connectivity index (χ0v) is 19.1. The van der Waals surface area contributed by atoms with Crippen LogP contribution in [0.1, 0.15) is 49.0 Å². The van der Waals surface area contributed by atoms with Crippen molar-refractivity contribution >= 4 is 17.7 Å². The zero-order chi connectivity index (χ0) is 22.4. The number of carbonyl (C=O) groups excluding carboxylic acids is 3. The molecule has 2 aliphatic heterocycles. The molecule has 2 saturated heterocycles. The molecule has 3 amide bonds. The molecule has 2 fully saturated rings. The van der Waals surface area contributed by atoms with Gasteiger partial charge in [0.1, 0.15) is 6.04 Å². The highest BCUT2D eigenvalue weighted by molar-refractivity contribution is 5.98. The maximum atomic E-state index is 13.2. The second kappa shape index (κ2) is 10.8. The van der Waals surface area contributed by atoms with E-state index in [1.54, 1.807) is 6.07 Å². The van der Waals surface area contributed by atoms with Gasteiger partial charge in [0.2, 0.25) is 11.8 Å². The summed E-state index contributed by atoms with van der Waals surface area (Å²) in [5.41, 5.74) is 1.49. The van der Waals surface area contributed by atoms with Crippen LogP contribution in [0.4, 0.5) is 0 Å². The van der Waals surface area contributed by atoms with Crippen molar-refractivity contribution in [3.8, 4) is 0 Å². The fourth-order valence-corrected chi connectivity index (χ4v) is 4.32. The number of hydrogen-bond acceptors (Lipinski definition) is 4. The number of aryl methyl sites for hydroxylation is 1. The largest absolute Gasteiger partial charge is 0.342 e. The summed E-state index contributed by atoms with van der Waals surface area (Å²) in [7, 11) is 0. The minimum absolute atomic E-state index is 0.0147. The molecular formula is C24H36N4O3. The SMILES string of the molecule is Cc1ccccc1C(=O)NC(C(=O)N1CCN(CC(=O)N2CCCCC2)CC1)C(C)C. The predicted octanol–water partition coefficient (Wildman–Crippen LogP) is 1.91. The second-order valence-corrected chi connectivity index (χ2v) is 9.05. The van der Waals surface area contributed by atoms with Gasteiger partial charge in [-0.1, -0.05) is 32.0 Å². The number of piperazine rings is 1. The number of nitrogens with zero attached hydrogens (tertiary/aromatic N) is 3. The van der Waals surface area contributed by atoms with Crippen molar-refractivity contribution in [2.45, 2.75) is 46.1 Å². The fraction of sp³-hybridized carbons (Fsp3) is 0.625. The van der Waals surface area contributed by atoms with Crippen molar-refractivity contribution in [2.75, 3.05) is 45.8 Å². The molecule has 7 nitrogen and oxygen atoms in total. The number of rotatable bonds is 6. The van der Waals surface area contributed by atoms with E-state index >= 15 is 0 Å². The first kappa shape index (κ1) is 23.3. The van der Waals surface area contributed by atoms with E-state index in [2.05, 4.69) is 10.2 Å². The molecule has 1 atom stereocenters. The van der Waals surface area contributed by atoms with E-state index in [0.29, 0.717) is 38.3 Å². The molecule has 1 aromatic rings. The number of hydrogen-bond donors (Lipinski definition) is 1. The van der Waals surface area contributed by atoms with E-state index < -0.39 is 6.04 Å². The van der Waals surface area contributed by atoms with Crippen molar-refractivity contribution in [2.24, 2.45) is 5.92 Å². The summed E-state index contributed by atoms with van der Waals surface area (Å²) in [6.07, 6.45) is 3.40. The highest BCUT2D eigenvalue weighted by Crippen LogP contribution is 2.14. The molecule has 2 heterocycles. The van der Waals surface area contributed by atoms with Gasteiger partial charge in [0.05, 0.1) is 6.54 Å². The molecule has 2 aliphatic rings. The molecule has 1 unspecified atom stereocenters. The van der Waals surface area contributed by atoms with E-state index in [1.807, 2.05) is 48.8 Å². The number of piperidine rings is 1. The lowest BCUT2D eigenvalue weighted by atomic mass is 10.0. The Morgan fingerprint density at radius 2 is 1.55 bits per heavy atom. The van der Waals surface area contributed by atoms with Crippen LogP contribution in [0.2, 0.25) is 0 Å². The van der Waals surface area contributed by atoms with Crippen LogP contribution in [0.15, 0.2) is 24.3 Å². The molecule has 1 aromatic carbocycles. The molecule has 0 aliphatic carbocycles. The van der Waals surface area contributed by atoms with Crippen molar-refractivity contribution in [1.29, 1.82) is 0 Å². The lowest BCUT2D eigenvalue weighted by molar-refractivity contribution is -0.137. The van der Waals surface area contributed by atoms with Crippen LogP contribution in [0.5, 0.6) is 0 Å². The van der Waals surface area contributed by atoms with Crippen LogP contribution in [0.3, 0.4) is 0 Å². The van der Waals surface area contributed by atoms with E-state index in [1.165, 1.54) is 6.42 Å². The van der Waals surface area contributed by atoms with Crippen LogP contribution in [0, 0.1) is 12.8 Å². The van der Waals surface area contributed by atoms with Crippen LogP contribution in [-0.4, -0.2) is 84.3 Å². The normalized spacial score (nSPS) is 18.7. The summed E-state index contributed by atoms with van der Waals surface area (Å²) in [6, 6.07) is 6.84. The Bertz CT molecular complexity index is 781. The van der Waals surface area contributed by atoms with Gasteiger partial charge < -0.3 is 15.1 Å². The lowest BCUT2D eigenvalue weighted by Gasteiger charge is -2.38. The minimum atomic E-state index is -0.561. The molecule has 0 aromatic heterocycles. The van der Waals surface area contributed by atoms with Gasteiger partial charge in [0.25, 0.3) is 5.91 Å². The van der Waals surface area contributed by atoms with Crippen molar-refractivity contribution in [3.63, 3.8) is 0 Å². The van der Waals surface area contributed by atoms with Gasteiger partial charge in [-0.05, 0) is 43.7 Å². The van der Waals surface area contributed by atoms with Gasteiger partial charge in [0, 0.05) is 44.8 Å². The van der Waals surface area contributed by atoms with Gasteiger partial charge in [-0.3, -0.25) is 19.3 Å². The summed E-state index contributed by atoms with van der Waals surface area (Å²) < 4.78 is 0. The zero-order valence-electron chi connectivity index (χ0n) is 19.1. The lowest BCUT2D eigenvalue weighted by Crippen LogP contribution is -2.57. The average Bonchev–Trinajstić information content (AvgIpc) is 2.78. The smallest absolute Gasteiger partial charge is 0.252 e. The topological polar surface area (TPSA) is 73.0 Å². The van der Waals surface area contributed by atoms with Crippen LogP contribution in [-0.2, 0) is 9.59 Å². The number of carbonyl (C=O) groups is 3. The minimum Gasteiger partial charge on any atom is -0.342 e. The van der Waals surface area contributed by atoms with Crippen LogP contribution in [0.25, 0.3) is 0 Å². The maximum absolute atomic E-state index is 13.2. The summed E-state index contributed by atoms with van der Waals surface area (Å²) in [5.74, 6) is -0.0703. The van der Waals surface area contributed by atoms with Crippen molar-refractivity contribution in [3.05, 3.63) is 35.4 Å². The third kappa shape index (κ3) is 6.06. The van der Waals surface area contributed by atoms with Gasteiger partial charge >= 0.3 is 0 Å². The Morgan fingerprint density at radius 3 is 2.16 bits per heavy atom. The number of nitrogens with one attached hydrogen (secondary N) is 1. The van der Waals surface area contributed by atoms with Crippen LogP contribution >= 0.6 is 0 Å². The van der Waals surface area contributed by atoms with Gasteiger partial charge in [-0.2, -0.15) is 0 Å². The number of benzene rings is 1. The standard InChI is InChI=1S/C24H36N4O3/c1-18(2)22(25-23(30)20-10-6-5-9-19(20)3)24(31)28-15-13-26(14-16-28)17-21(29)27-11-7-4-8-12-27/h5-6,9-10,18,22H,4,7-8,11-17H2,1-3H3,(H,25,30). The molecule has 31 heavy (non-hydrogen) atoms. The molecule has 0 spiro atoms. The first-order valence-electron chi connectivity index (χ1n) is 11.5. The third-order valence-electron chi connectivity index (χ3n) is 6.36. The summed E-state index contributed by atoms with van der Waals surface area (Å²) in [6.45, 7) is 10.5. The molecular weight excluding hydrogens is 392 g/mol. The molecule has 3 rings (SSSR count). The summed E-state index contributed by atoms with van der Waals surface area (Å²) in [5, 5.41) is 2.95. The number of likely N-dealkylation sites (tertiary alicyclic amines) is 1. The molecule has 1 N–H and O–H groups in total. The van der Waals surface area contributed by atoms with E-state index in [9.17, 15) is 14.4 Å². The maximum Gasteiger partial charge on any atom is 0.252 e. The van der Waals surface area contributed by atoms with E-state index in [-0.39, 0.29) is 23.6 Å². The van der Waals surface area contributed by atoms with Gasteiger partial charge in [-0.15, -0.1) is 0 Å². The first-order valence-corrected chi connectivity index (χ1v) is 11.5. The molecule has 7 heteroatoms. The Balaban J connectivity index is 1.53. The average molecular weight is 429 g/mol. The third-order valence-corrected chi connectivity index (χ3v) is 6.36. The highest BCUT2D eigenvalue weighted by Gasteiger charge is 2.32. The van der Waals surface area contributed by atoms with Gasteiger partial charge in [-0.25, -0.2) is 0 Å². The Hall–Kier alpha value is -2.41. The monoisotopic (exact) mass is 428 g/mol.